The molecule has 5 heteroatoms. The predicted molar refractivity (Wildman–Crippen MR) is 81.3 cm³/mol. The molecular weight excluding hydrogens is 286 g/mol. The number of thiazole rings is 1. The number of aliphatic carboxylic acids is 1. The van der Waals surface area contributed by atoms with Crippen molar-refractivity contribution in [3.63, 3.8) is 0 Å². The molecular formula is C16H18NO3S-. The lowest BCUT2D eigenvalue weighted by Gasteiger charge is -2.06. The Morgan fingerprint density at radius 3 is 2.71 bits per heavy atom. The number of carboxylic acid groups (broad SMARTS) is 1. The fraction of sp³-hybridized carbons (Fsp3) is 0.375. The summed E-state index contributed by atoms with van der Waals surface area (Å²) < 4.78 is 5.65. The molecule has 0 unspecified atom stereocenters. The fourth-order valence-electron chi connectivity index (χ4n) is 1.90. The van der Waals surface area contributed by atoms with Crippen LogP contribution in [-0.2, 0) is 11.2 Å². The highest BCUT2D eigenvalue weighted by molar-refractivity contribution is 7.13. The molecule has 0 fully saturated rings. The number of carboxylic acids is 1. The molecule has 0 bridgehead atoms. The second-order valence-corrected chi connectivity index (χ2v) is 5.63. The quantitative estimate of drug-likeness (QED) is 0.703. The van der Waals surface area contributed by atoms with Crippen LogP contribution in [0.1, 0.15) is 31.9 Å². The number of hydrogen-bond acceptors (Lipinski definition) is 5. The lowest BCUT2D eigenvalue weighted by molar-refractivity contribution is -0.304. The van der Waals surface area contributed by atoms with Crippen molar-refractivity contribution in [3.05, 3.63) is 35.3 Å². The first-order valence-electron chi connectivity index (χ1n) is 7.06. The molecule has 0 amide bonds. The molecule has 0 atom stereocenters. The lowest BCUT2D eigenvalue weighted by Crippen LogP contribution is -2.24. The van der Waals surface area contributed by atoms with Gasteiger partial charge in [0.15, 0.2) is 0 Å². The van der Waals surface area contributed by atoms with Crippen LogP contribution in [0.4, 0.5) is 0 Å². The average Bonchev–Trinajstić information content (AvgIpc) is 2.92. The summed E-state index contributed by atoms with van der Waals surface area (Å²) >= 11 is 1.43. The summed E-state index contributed by atoms with van der Waals surface area (Å²) in [5.74, 6) is -0.260. The van der Waals surface area contributed by atoms with E-state index in [1.165, 1.54) is 24.2 Å². The van der Waals surface area contributed by atoms with Crippen LogP contribution < -0.4 is 9.84 Å². The predicted octanol–water partition coefficient (Wildman–Crippen LogP) is 2.67. The third-order valence-corrected chi connectivity index (χ3v) is 3.94. The van der Waals surface area contributed by atoms with Crippen molar-refractivity contribution in [2.24, 2.45) is 0 Å². The first-order chi connectivity index (χ1) is 10.2. The maximum absolute atomic E-state index is 10.5. The first-order valence-corrected chi connectivity index (χ1v) is 7.94. The fourth-order valence-corrected chi connectivity index (χ4v) is 2.73. The molecule has 2 rings (SSSR count). The Kier molecular flexibility index (Phi) is 5.75. The normalized spacial score (nSPS) is 10.5. The van der Waals surface area contributed by atoms with Gasteiger partial charge in [0.1, 0.15) is 10.8 Å². The molecule has 0 saturated heterocycles. The number of ether oxygens (including phenoxy) is 1. The smallest absolute Gasteiger partial charge is 0.123 e. The van der Waals surface area contributed by atoms with E-state index >= 15 is 0 Å². The maximum Gasteiger partial charge on any atom is 0.123 e. The van der Waals surface area contributed by atoms with E-state index in [2.05, 4.69) is 11.9 Å². The largest absolute Gasteiger partial charge is 0.550 e. The van der Waals surface area contributed by atoms with Gasteiger partial charge in [-0.3, -0.25) is 0 Å². The van der Waals surface area contributed by atoms with E-state index in [4.69, 9.17) is 4.74 Å². The second kappa shape index (κ2) is 7.78. The molecule has 1 heterocycles. The van der Waals surface area contributed by atoms with Gasteiger partial charge in [-0.1, -0.05) is 19.8 Å². The summed E-state index contributed by atoms with van der Waals surface area (Å²) in [6, 6.07) is 7.72. The van der Waals surface area contributed by atoms with Crippen molar-refractivity contribution in [2.45, 2.75) is 32.6 Å². The van der Waals surface area contributed by atoms with E-state index in [0.717, 1.165) is 29.3 Å². The molecule has 21 heavy (non-hydrogen) atoms. The van der Waals surface area contributed by atoms with Crippen molar-refractivity contribution in [3.8, 4) is 16.3 Å². The Morgan fingerprint density at radius 1 is 1.29 bits per heavy atom. The maximum atomic E-state index is 10.5. The summed E-state index contributed by atoms with van der Waals surface area (Å²) in [4.78, 5) is 14.8. The molecule has 0 N–H and O–H groups in total. The highest BCUT2D eigenvalue weighted by Gasteiger charge is 2.05. The Labute approximate surface area is 128 Å². The van der Waals surface area contributed by atoms with Gasteiger partial charge in [-0.2, -0.15) is 0 Å². The number of hydrogen-bond donors (Lipinski definition) is 0. The van der Waals surface area contributed by atoms with Crippen LogP contribution in [-0.4, -0.2) is 17.6 Å². The molecule has 0 aliphatic rings. The monoisotopic (exact) mass is 304 g/mol. The van der Waals surface area contributed by atoms with Gasteiger partial charge in [0.25, 0.3) is 0 Å². The number of unbranched alkanes of at least 4 members (excludes halogenated alkanes) is 2. The highest BCUT2D eigenvalue weighted by atomic mass is 32.1. The number of aromatic nitrogens is 1. The third-order valence-electron chi connectivity index (χ3n) is 3.00. The number of carbonyl (C=O) groups is 1. The Morgan fingerprint density at radius 2 is 2.05 bits per heavy atom. The van der Waals surface area contributed by atoms with Crippen LogP contribution in [0.2, 0.25) is 0 Å². The molecule has 1 aromatic heterocycles. The van der Waals surface area contributed by atoms with Crippen molar-refractivity contribution in [1.82, 2.24) is 4.98 Å². The molecule has 0 saturated carbocycles. The zero-order chi connectivity index (χ0) is 15.1. The van der Waals surface area contributed by atoms with E-state index < -0.39 is 5.97 Å². The summed E-state index contributed by atoms with van der Waals surface area (Å²) in [7, 11) is 0. The van der Waals surface area contributed by atoms with Crippen molar-refractivity contribution in [2.75, 3.05) is 6.61 Å². The topological polar surface area (TPSA) is 62.2 Å². The zero-order valence-corrected chi connectivity index (χ0v) is 12.8. The van der Waals surface area contributed by atoms with E-state index in [1.54, 1.807) is 5.38 Å². The molecule has 1 aromatic carbocycles. The van der Waals surface area contributed by atoms with Gasteiger partial charge >= 0.3 is 0 Å². The number of nitrogens with zero attached hydrogens (tertiary/aromatic N) is 1. The second-order valence-electron chi connectivity index (χ2n) is 4.77. The third kappa shape index (κ3) is 4.86. The average molecular weight is 304 g/mol. The summed E-state index contributed by atoms with van der Waals surface area (Å²) in [5, 5.41) is 13.1. The first kappa shape index (κ1) is 15.5. The van der Waals surface area contributed by atoms with Crippen LogP contribution >= 0.6 is 11.3 Å². The lowest BCUT2D eigenvalue weighted by atomic mass is 10.2. The molecule has 0 aliphatic carbocycles. The van der Waals surface area contributed by atoms with E-state index in [0.29, 0.717) is 5.69 Å². The van der Waals surface area contributed by atoms with Crippen molar-refractivity contribution < 1.29 is 14.6 Å². The summed E-state index contributed by atoms with van der Waals surface area (Å²) in [6.07, 6.45) is 3.28. The molecule has 112 valence electrons. The van der Waals surface area contributed by atoms with Crippen LogP contribution in [0, 0.1) is 0 Å². The van der Waals surface area contributed by atoms with Gasteiger partial charge in [0, 0.05) is 23.3 Å². The van der Waals surface area contributed by atoms with Gasteiger partial charge in [-0.05, 0) is 30.7 Å². The summed E-state index contributed by atoms with van der Waals surface area (Å²) in [6.45, 7) is 2.90. The minimum absolute atomic E-state index is 0.144. The highest BCUT2D eigenvalue weighted by Crippen LogP contribution is 2.26. The molecule has 0 spiro atoms. The molecule has 4 nitrogen and oxygen atoms in total. The SMILES string of the molecule is CCCCCOc1ccc(-c2nc(CC(=O)[O-])cs2)cc1. The van der Waals surface area contributed by atoms with E-state index in [-0.39, 0.29) is 6.42 Å². The minimum Gasteiger partial charge on any atom is -0.550 e. The van der Waals surface area contributed by atoms with Crippen molar-refractivity contribution >= 4 is 17.3 Å². The van der Waals surface area contributed by atoms with Crippen LogP contribution in [0.15, 0.2) is 29.6 Å². The zero-order valence-electron chi connectivity index (χ0n) is 12.0. The van der Waals surface area contributed by atoms with E-state index in [1.807, 2.05) is 24.3 Å². The molecule has 0 aliphatic heterocycles. The van der Waals surface area contributed by atoms with Crippen molar-refractivity contribution in [1.29, 1.82) is 0 Å². The number of carbonyl (C=O) groups excluding carboxylic acids is 1. The Bertz CT molecular complexity index is 577. The van der Waals surface area contributed by atoms with Gasteiger partial charge in [0.05, 0.1) is 12.3 Å². The minimum atomic E-state index is -1.11. The van der Waals surface area contributed by atoms with Gasteiger partial charge in [-0.15, -0.1) is 11.3 Å². The standard InChI is InChI=1S/C16H19NO3S/c1-2-3-4-9-20-14-7-5-12(6-8-14)16-17-13(11-21-16)10-15(18)19/h5-8,11H,2-4,9-10H2,1H3,(H,18,19)/p-1. The van der Waals surface area contributed by atoms with Crippen LogP contribution in [0.5, 0.6) is 5.75 Å². The number of rotatable bonds is 8. The molecule has 2 aromatic rings. The molecule has 0 radical (unpaired) electrons. The van der Waals surface area contributed by atoms with Crippen LogP contribution in [0.25, 0.3) is 10.6 Å². The summed E-state index contributed by atoms with van der Waals surface area (Å²) in [5.41, 5.74) is 1.50. The van der Waals surface area contributed by atoms with Gasteiger partial charge < -0.3 is 14.6 Å². The Hall–Kier alpha value is -1.88. The van der Waals surface area contributed by atoms with Gasteiger partial charge in [-0.25, -0.2) is 4.98 Å². The van der Waals surface area contributed by atoms with Gasteiger partial charge in [0.2, 0.25) is 0 Å². The Balaban J connectivity index is 1.95. The number of benzene rings is 1. The van der Waals surface area contributed by atoms with E-state index in [9.17, 15) is 9.90 Å². The van der Waals surface area contributed by atoms with Crippen LogP contribution in [0.3, 0.4) is 0 Å².